The van der Waals surface area contributed by atoms with Crippen molar-refractivity contribution >= 4 is 60.0 Å². The van der Waals surface area contributed by atoms with Gasteiger partial charge in [0.25, 0.3) is 0 Å². The summed E-state index contributed by atoms with van der Waals surface area (Å²) in [4.78, 5) is 70.1. The fourth-order valence-corrected chi connectivity index (χ4v) is 3.08. The van der Waals surface area contributed by atoms with Crippen molar-refractivity contribution in [3.63, 3.8) is 0 Å². The number of thiol groups is 1. The molecule has 182 valence electrons. The van der Waals surface area contributed by atoms with Crippen LogP contribution in [0.2, 0.25) is 0 Å². The van der Waals surface area contributed by atoms with Crippen LogP contribution < -0.4 is 27.4 Å². The van der Waals surface area contributed by atoms with Gasteiger partial charge >= 0.3 is 11.9 Å². The van der Waals surface area contributed by atoms with Gasteiger partial charge in [-0.3, -0.25) is 24.0 Å². The molecule has 4 atom stereocenters. The number of amides is 4. The van der Waals surface area contributed by atoms with E-state index in [9.17, 15) is 33.9 Å². The number of hydrogen-bond donors (Lipinski definition) is 8. The molecule has 0 saturated heterocycles. The summed E-state index contributed by atoms with van der Waals surface area (Å²) in [6.07, 6.45) is 0.795. The van der Waals surface area contributed by atoms with Crippen LogP contribution >= 0.6 is 24.4 Å². The summed E-state index contributed by atoms with van der Waals surface area (Å²) in [6.45, 7) is 0. The molecule has 0 bridgehead atoms. The fraction of sp³-hybridized carbons (Fsp3) is 0.647. The Labute approximate surface area is 194 Å². The van der Waals surface area contributed by atoms with Crippen LogP contribution in [0.3, 0.4) is 0 Å². The third-order valence-electron chi connectivity index (χ3n) is 4.08. The molecule has 15 heteroatoms. The van der Waals surface area contributed by atoms with Gasteiger partial charge in [-0.1, -0.05) is 0 Å². The summed E-state index contributed by atoms with van der Waals surface area (Å²) in [7, 11) is 0. The average molecular weight is 496 g/mol. The predicted octanol–water partition coefficient (Wildman–Crippen LogP) is -2.72. The zero-order chi connectivity index (χ0) is 24.8. The number of hydrogen-bond acceptors (Lipinski definition) is 9. The highest BCUT2D eigenvalue weighted by molar-refractivity contribution is 7.98. The van der Waals surface area contributed by atoms with Crippen molar-refractivity contribution in [3.8, 4) is 0 Å². The van der Waals surface area contributed by atoms with E-state index < -0.39 is 66.2 Å². The summed E-state index contributed by atoms with van der Waals surface area (Å²) < 4.78 is 0. The molecule has 0 aliphatic rings. The van der Waals surface area contributed by atoms with Crippen LogP contribution in [0.15, 0.2) is 0 Å². The van der Waals surface area contributed by atoms with E-state index in [2.05, 4.69) is 28.6 Å². The highest BCUT2D eigenvalue weighted by Gasteiger charge is 2.30. The third-order valence-corrected chi connectivity index (χ3v) is 5.09. The minimum Gasteiger partial charge on any atom is -0.481 e. The lowest BCUT2D eigenvalue weighted by Crippen LogP contribution is -2.57. The first-order chi connectivity index (χ1) is 14.9. The Morgan fingerprint density at radius 2 is 1.44 bits per heavy atom. The summed E-state index contributed by atoms with van der Waals surface area (Å²) >= 11 is 5.38. The quantitative estimate of drug-likeness (QED) is 0.103. The highest BCUT2D eigenvalue weighted by atomic mass is 32.2. The Bertz CT molecular complexity index is 708. The SMILES string of the molecule is CSCCC(NC(=O)C(N)CC(=O)O)C(=O)NC(CS)C(=O)NC(CCC(N)=O)C(=O)O. The molecule has 0 aliphatic carbocycles. The topological polar surface area (TPSA) is 231 Å². The summed E-state index contributed by atoms with van der Waals surface area (Å²) in [5.74, 6) is -5.61. The summed E-state index contributed by atoms with van der Waals surface area (Å²) in [5, 5.41) is 24.9. The molecule has 4 unspecified atom stereocenters. The molecule has 0 saturated carbocycles. The molecule has 0 heterocycles. The molecule has 0 aromatic heterocycles. The molecule has 0 fully saturated rings. The number of nitrogens with two attached hydrogens (primary N) is 2. The average Bonchev–Trinajstić information content (AvgIpc) is 2.70. The largest absolute Gasteiger partial charge is 0.481 e. The lowest BCUT2D eigenvalue weighted by atomic mass is 10.1. The van der Waals surface area contributed by atoms with E-state index >= 15 is 0 Å². The van der Waals surface area contributed by atoms with E-state index in [4.69, 9.17) is 16.6 Å². The van der Waals surface area contributed by atoms with Crippen LogP contribution in [0.1, 0.15) is 25.7 Å². The number of rotatable bonds is 16. The number of carbonyl (C=O) groups excluding carboxylic acids is 4. The molecule has 9 N–H and O–H groups in total. The monoisotopic (exact) mass is 495 g/mol. The van der Waals surface area contributed by atoms with Crippen LogP contribution in [0.25, 0.3) is 0 Å². The van der Waals surface area contributed by atoms with Gasteiger partial charge in [0.2, 0.25) is 23.6 Å². The molecule has 32 heavy (non-hydrogen) atoms. The Balaban J connectivity index is 5.20. The smallest absolute Gasteiger partial charge is 0.326 e. The Hall–Kier alpha value is -2.52. The minimum absolute atomic E-state index is 0.163. The maximum Gasteiger partial charge on any atom is 0.326 e. The lowest BCUT2D eigenvalue weighted by molar-refractivity contribution is -0.142. The van der Waals surface area contributed by atoms with E-state index in [1.807, 2.05) is 0 Å². The number of carboxylic acids is 2. The Morgan fingerprint density at radius 3 is 1.91 bits per heavy atom. The second-order valence-corrected chi connectivity index (χ2v) is 8.05. The highest BCUT2D eigenvalue weighted by Crippen LogP contribution is 2.04. The van der Waals surface area contributed by atoms with E-state index in [0.29, 0.717) is 5.75 Å². The van der Waals surface area contributed by atoms with Crippen molar-refractivity contribution in [2.24, 2.45) is 11.5 Å². The van der Waals surface area contributed by atoms with E-state index in [1.54, 1.807) is 6.26 Å². The van der Waals surface area contributed by atoms with Crippen molar-refractivity contribution in [2.45, 2.75) is 49.9 Å². The second kappa shape index (κ2) is 15.3. The van der Waals surface area contributed by atoms with Crippen LogP contribution in [0, 0.1) is 0 Å². The zero-order valence-corrected chi connectivity index (χ0v) is 19.1. The first-order valence-corrected chi connectivity index (χ1v) is 11.4. The molecule has 0 spiro atoms. The number of nitrogens with one attached hydrogen (secondary N) is 3. The van der Waals surface area contributed by atoms with Crippen LogP contribution in [0.5, 0.6) is 0 Å². The number of carbonyl (C=O) groups is 6. The molecule has 13 nitrogen and oxygen atoms in total. The molecule has 4 amide bonds. The van der Waals surface area contributed by atoms with Crippen molar-refractivity contribution in [2.75, 3.05) is 17.8 Å². The van der Waals surface area contributed by atoms with Gasteiger partial charge in [0.1, 0.15) is 18.1 Å². The van der Waals surface area contributed by atoms with Crippen molar-refractivity contribution < 1.29 is 39.0 Å². The van der Waals surface area contributed by atoms with Gasteiger partial charge in [-0.25, -0.2) is 4.79 Å². The first-order valence-electron chi connectivity index (χ1n) is 9.42. The minimum atomic E-state index is -1.41. The second-order valence-electron chi connectivity index (χ2n) is 6.70. The van der Waals surface area contributed by atoms with E-state index in [1.165, 1.54) is 11.8 Å². The molecule has 0 aliphatic heterocycles. The summed E-state index contributed by atoms with van der Waals surface area (Å²) in [5.41, 5.74) is 10.5. The van der Waals surface area contributed by atoms with Crippen molar-refractivity contribution in [3.05, 3.63) is 0 Å². The van der Waals surface area contributed by atoms with E-state index in [-0.39, 0.29) is 25.0 Å². The first kappa shape index (κ1) is 29.5. The van der Waals surface area contributed by atoms with Gasteiger partial charge in [-0.2, -0.15) is 24.4 Å². The number of thioether (sulfide) groups is 1. The summed E-state index contributed by atoms with van der Waals surface area (Å²) in [6, 6.07) is -5.14. The number of carboxylic acid groups (broad SMARTS) is 2. The molecular weight excluding hydrogens is 466 g/mol. The maximum absolute atomic E-state index is 12.7. The van der Waals surface area contributed by atoms with Crippen LogP contribution in [-0.4, -0.2) is 87.7 Å². The normalized spacial score (nSPS) is 14.3. The fourth-order valence-electron chi connectivity index (χ4n) is 2.35. The third kappa shape index (κ3) is 11.8. The van der Waals surface area contributed by atoms with Gasteiger partial charge in [0, 0.05) is 12.2 Å². The zero-order valence-electron chi connectivity index (χ0n) is 17.4. The number of aliphatic carboxylic acids is 2. The Kier molecular flexibility index (Phi) is 14.1. The van der Waals surface area contributed by atoms with Gasteiger partial charge in [-0.05, 0) is 24.9 Å². The van der Waals surface area contributed by atoms with Gasteiger partial charge in [0.05, 0.1) is 12.5 Å². The van der Waals surface area contributed by atoms with Crippen LogP contribution in [-0.2, 0) is 28.8 Å². The van der Waals surface area contributed by atoms with E-state index in [0.717, 1.165) is 0 Å². The molecular formula is C17H29N5O8S2. The predicted molar refractivity (Wildman–Crippen MR) is 119 cm³/mol. The van der Waals surface area contributed by atoms with Gasteiger partial charge in [-0.15, -0.1) is 0 Å². The van der Waals surface area contributed by atoms with Crippen molar-refractivity contribution in [1.29, 1.82) is 0 Å². The Morgan fingerprint density at radius 1 is 0.906 bits per heavy atom. The molecule has 0 aromatic rings. The van der Waals surface area contributed by atoms with Crippen LogP contribution in [0.4, 0.5) is 0 Å². The molecule has 0 rings (SSSR count). The van der Waals surface area contributed by atoms with Crippen molar-refractivity contribution in [1.82, 2.24) is 16.0 Å². The van der Waals surface area contributed by atoms with Gasteiger partial charge in [0.15, 0.2) is 0 Å². The molecule has 0 aromatic carbocycles. The van der Waals surface area contributed by atoms with Gasteiger partial charge < -0.3 is 37.6 Å². The number of primary amides is 1. The standard InChI is InChI=1S/C17H29N5O8S2/c1-32-5-4-9(20-14(26)8(18)6-13(24)25)15(27)22-11(7-31)16(28)21-10(17(29)30)2-3-12(19)23/h8-11,31H,2-7,18H2,1H3,(H2,19,23)(H,20,26)(H,21,28)(H,22,27)(H,24,25)(H,29,30). The maximum atomic E-state index is 12.7. The molecule has 0 radical (unpaired) electrons. The lowest BCUT2D eigenvalue weighted by Gasteiger charge is -2.24.